The number of phenolic OH excluding ortho intramolecular Hbond substituents is 1. The number of imidazole rings is 1. The molecule has 3 rings (SSSR count). The minimum absolute atomic E-state index is 0.0159. The van der Waals surface area contributed by atoms with E-state index in [4.69, 9.17) is 9.47 Å². The van der Waals surface area contributed by atoms with Crippen molar-refractivity contribution in [3.05, 3.63) is 72.3 Å². The fourth-order valence-electron chi connectivity index (χ4n) is 2.35. The van der Waals surface area contributed by atoms with E-state index in [0.717, 1.165) is 5.69 Å². The summed E-state index contributed by atoms with van der Waals surface area (Å²) in [4.78, 5) is 19.0. The lowest BCUT2D eigenvalue weighted by atomic mass is 10.2. The van der Waals surface area contributed by atoms with Crippen molar-refractivity contribution in [1.82, 2.24) is 9.97 Å². The van der Waals surface area contributed by atoms with Gasteiger partial charge >= 0.3 is 0 Å². The molecule has 1 heterocycles. The van der Waals surface area contributed by atoms with E-state index >= 15 is 0 Å². The maximum absolute atomic E-state index is 12.1. The molecule has 1 aromatic heterocycles. The number of nitrogens with zero attached hydrogens (tertiary/aromatic N) is 1. The summed E-state index contributed by atoms with van der Waals surface area (Å²) in [7, 11) is 1.48. The number of methoxy groups -OCH3 is 1. The Bertz CT molecular complexity index is 936. The maximum Gasteiger partial charge on any atom is 0.248 e. The van der Waals surface area contributed by atoms with Crippen LogP contribution in [0.15, 0.2) is 61.1 Å². The van der Waals surface area contributed by atoms with E-state index in [1.807, 2.05) is 6.07 Å². The van der Waals surface area contributed by atoms with Crippen molar-refractivity contribution < 1.29 is 19.4 Å². The fraction of sp³-hybridized carbons (Fsp3) is 0.100. The van der Waals surface area contributed by atoms with E-state index in [2.05, 4.69) is 15.3 Å². The molecular weight excluding hydrogens is 346 g/mol. The molecule has 0 atom stereocenters. The van der Waals surface area contributed by atoms with Crippen LogP contribution in [0.1, 0.15) is 11.3 Å². The van der Waals surface area contributed by atoms with Crippen molar-refractivity contribution in [1.29, 1.82) is 0 Å². The third-order valence-corrected chi connectivity index (χ3v) is 3.68. The van der Waals surface area contributed by atoms with Crippen LogP contribution < -0.4 is 14.8 Å². The molecule has 0 radical (unpaired) electrons. The molecule has 0 spiro atoms. The molecule has 7 nitrogen and oxygen atoms in total. The van der Waals surface area contributed by atoms with E-state index in [1.165, 1.54) is 19.3 Å². The summed E-state index contributed by atoms with van der Waals surface area (Å²) < 4.78 is 10.6. The van der Waals surface area contributed by atoms with Gasteiger partial charge in [0.15, 0.2) is 11.5 Å². The molecule has 0 fully saturated rings. The van der Waals surface area contributed by atoms with E-state index < -0.39 is 0 Å². The minimum Gasteiger partial charge on any atom is -0.504 e. The van der Waals surface area contributed by atoms with Crippen LogP contribution in [-0.4, -0.2) is 28.1 Å². The first kappa shape index (κ1) is 18.1. The smallest absolute Gasteiger partial charge is 0.248 e. The highest BCUT2D eigenvalue weighted by Gasteiger charge is 2.03. The quantitative estimate of drug-likeness (QED) is 0.558. The lowest BCUT2D eigenvalue weighted by Crippen LogP contribution is -2.07. The van der Waals surface area contributed by atoms with Gasteiger partial charge in [-0.1, -0.05) is 12.1 Å². The number of aromatic amines is 1. The monoisotopic (exact) mass is 365 g/mol. The number of hydrogen-bond donors (Lipinski definition) is 3. The normalized spacial score (nSPS) is 10.7. The first-order chi connectivity index (χ1) is 13.1. The molecule has 0 bridgehead atoms. The Balaban J connectivity index is 1.58. The van der Waals surface area contributed by atoms with Gasteiger partial charge in [0.2, 0.25) is 5.91 Å². The molecule has 3 aromatic rings. The topological polar surface area (TPSA) is 96.5 Å². The standard InChI is InChI=1S/C20H19N3O4/c1-26-19-7-5-14(9-18(19)24)6-8-20(25)23-15-3-2-4-17(10-15)27-12-16-11-21-13-22-16/h2-11,13,24H,12H2,1H3,(H,21,22)(H,23,25). The fourth-order valence-corrected chi connectivity index (χ4v) is 2.35. The van der Waals surface area contributed by atoms with Crippen LogP contribution in [0.4, 0.5) is 5.69 Å². The maximum atomic E-state index is 12.1. The highest BCUT2D eigenvalue weighted by atomic mass is 16.5. The number of hydrogen-bond acceptors (Lipinski definition) is 5. The second-order valence-corrected chi connectivity index (χ2v) is 5.65. The Labute approximate surface area is 156 Å². The van der Waals surface area contributed by atoms with Crippen LogP contribution in [-0.2, 0) is 11.4 Å². The van der Waals surface area contributed by atoms with Crippen molar-refractivity contribution in [2.45, 2.75) is 6.61 Å². The summed E-state index contributed by atoms with van der Waals surface area (Å²) in [5, 5.41) is 12.5. The Hall–Kier alpha value is -3.74. The minimum atomic E-state index is -0.295. The summed E-state index contributed by atoms with van der Waals surface area (Å²) in [6.07, 6.45) is 6.27. The van der Waals surface area contributed by atoms with Gasteiger partial charge in [0.05, 0.1) is 25.3 Å². The largest absolute Gasteiger partial charge is 0.504 e. The van der Waals surface area contributed by atoms with Gasteiger partial charge in [0.25, 0.3) is 0 Å². The molecule has 1 amide bonds. The van der Waals surface area contributed by atoms with Gasteiger partial charge in [-0.2, -0.15) is 0 Å². The lowest BCUT2D eigenvalue weighted by molar-refractivity contribution is -0.111. The van der Waals surface area contributed by atoms with Gasteiger partial charge in [-0.3, -0.25) is 4.79 Å². The number of aromatic hydroxyl groups is 1. The number of nitrogens with one attached hydrogen (secondary N) is 2. The highest BCUT2D eigenvalue weighted by Crippen LogP contribution is 2.26. The van der Waals surface area contributed by atoms with E-state index in [-0.39, 0.29) is 11.7 Å². The molecule has 0 aliphatic carbocycles. The lowest BCUT2D eigenvalue weighted by Gasteiger charge is -2.07. The van der Waals surface area contributed by atoms with Gasteiger partial charge in [0.1, 0.15) is 12.4 Å². The second kappa shape index (κ2) is 8.57. The van der Waals surface area contributed by atoms with Gasteiger partial charge in [-0.25, -0.2) is 4.98 Å². The molecule has 2 aromatic carbocycles. The van der Waals surface area contributed by atoms with Crippen molar-refractivity contribution in [3.8, 4) is 17.2 Å². The van der Waals surface area contributed by atoms with Crippen LogP contribution in [0.2, 0.25) is 0 Å². The van der Waals surface area contributed by atoms with Gasteiger partial charge < -0.3 is 24.9 Å². The number of benzene rings is 2. The van der Waals surface area contributed by atoms with Crippen molar-refractivity contribution in [2.75, 3.05) is 12.4 Å². The van der Waals surface area contributed by atoms with Crippen molar-refractivity contribution in [3.63, 3.8) is 0 Å². The molecule has 0 aliphatic heterocycles. The number of phenols is 1. The predicted molar refractivity (Wildman–Crippen MR) is 102 cm³/mol. The molecule has 7 heteroatoms. The third-order valence-electron chi connectivity index (χ3n) is 3.68. The zero-order valence-electron chi connectivity index (χ0n) is 14.7. The Morgan fingerprint density at radius 2 is 2.19 bits per heavy atom. The van der Waals surface area contributed by atoms with E-state index in [0.29, 0.717) is 29.4 Å². The third kappa shape index (κ3) is 5.12. The number of carbonyl (C=O) groups is 1. The summed E-state index contributed by atoms with van der Waals surface area (Å²) in [6, 6.07) is 12.0. The number of rotatable bonds is 7. The number of aromatic nitrogens is 2. The molecule has 0 unspecified atom stereocenters. The zero-order valence-corrected chi connectivity index (χ0v) is 14.7. The molecule has 0 saturated carbocycles. The number of carbonyl (C=O) groups excluding carboxylic acids is 1. The van der Waals surface area contributed by atoms with Crippen molar-refractivity contribution in [2.24, 2.45) is 0 Å². The molecule has 0 aliphatic rings. The second-order valence-electron chi connectivity index (χ2n) is 5.65. The molecule has 138 valence electrons. The molecule has 0 saturated heterocycles. The van der Waals surface area contributed by atoms with Crippen LogP contribution in [0.5, 0.6) is 17.2 Å². The number of anilines is 1. The SMILES string of the molecule is COc1ccc(C=CC(=O)Nc2cccc(OCc3cnc[nH]3)c2)cc1O. The van der Waals surface area contributed by atoms with Crippen molar-refractivity contribution >= 4 is 17.7 Å². The first-order valence-corrected chi connectivity index (χ1v) is 8.20. The Morgan fingerprint density at radius 3 is 2.93 bits per heavy atom. The zero-order chi connectivity index (χ0) is 19.1. The highest BCUT2D eigenvalue weighted by molar-refractivity contribution is 6.02. The summed E-state index contributed by atoms with van der Waals surface area (Å²) in [5.41, 5.74) is 2.15. The molecule has 3 N–H and O–H groups in total. The van der Waals surface area contributed by atoms with Gasteiger partial charge in [-0.15, -0.1) is 0 Å². The molecule has 27 heavy (non-hydrogen) atoms. The Morgan fingerprint density at radius 1 is 1.30 bits per heavy atom. The summed E-state index contributed by atoms with van der Waals surface area (Å²) in [5.74, 6) is 0.730. The number of amides is 1. The molecular formula is C20H19N3O4. The van der Waals surface area contributed by atoms with Gasteiger partial charge in [0, 0.05) is 17.8 Å². The van der Waals surface area contributed by atoms with Crippen LogP contribution in [0, 0.1) is 0 Å². The summed E-state index contributed by atoms with van der Waals surface area (Å²) >= 11 is 0. The number of H-pyrrole nitrogens is 1. The van der Waals surface area contributed by atoms with E-state index in [1.54, 1.807) is 48.9 Å². The Kier molecular flexibility index (Phi) is 5.73. The van der Waals surface area contributed by atoms with Crippen LogP contribution in [0.3, 0.4) is 0 Å². The average molecular weight is 365 g/mol. The van der Waals surface area contributed by atoms with Gasteiger partial charge in [-0.05, 0) is 35.9 Å². The number of ether oxygens (including phenoxy) is 2. The first-order valence-electron chi connectivity index (χ1n) is 8.20. The average Bonchev–Trinajstić information content (AvgIpc) is 3.19. The van der Waals surface area contributed by atoms with Crippen LogP contribution in [0.25, 0.3) is 6.08 Å². The summed E-state index contributed by atoms with van der Waals surface area (Å²) in [6.45, 7) is 0.359. The van der Waals surface area contributed by atoms with E-state index in [9.17, 15) is 9.90 Å². The van der Waals surface area contributed by atoms with Crippen LogP contribution >= 0.6 is 0 Å². The predicted octanol–water partition coefficient (Wildman–Crippen LogP) is 3.35.